The van der Waals surface area contributed by atoms with Gasteiger partial charge in [-0.1, -0.05) is 0 Å². The second kappa shape index (κ2) is 3.90. The Labute approximate surface area is 88.3 Å². The summed E-state index contributed by atoms with van der Waals surface area (Å²) < 4.78 is 57.0. The maximum atomic E-state index is 11.8. The maximum absolute atomic E-state index is 11.8. The van der Waals surface area contributed by atoms with Crippen LogP contribution in [0.2, 0.25) is 0 Å². The standard InChI is InChI=1S/C7H5ClF3NO2S/c8-15(13,14)6-3-1-5(2-4-6)12-7(9,10)11/h1-4,12H. The molecule has 0 amide bonds. The van der Waals surface area contributed by atoms with E-state index in [2.05, 4.69) is 0 Å². The molecule has 0 saturated heterocycles. The molecule has 0 aliphatic rings. The molecule has 0 radical (unpaired) electrons. The summed E-state index contributed by atoms with van der Waals surface area (Å²) in [5, 5.41) is 1.22. The van der Waals surface area contributed by atoms with Crippen LogP contribution in [0.1, 0.15) is 0 Å². The van der Waals surface area contributed by atoms with E-state index in [9.17, 15) is 21.6 Å². The van der Waals surface area contributed by atoms with Gasteiger partial charge in [-0.2, -0.15) is 13.2 Å². The summed E-state index contributed by atoms with van der Waals surface area (Å²) in [6.07, 6.45) is -4.55. The number of anilines is 1. The van der Waals surface area contributed by atoms with Gasteiger partial charge in [-0.25, -0.2) is 8.42 Å². The molecule has 0 aromatic heterocycles. The Balaban J connectivity index is 2.92. The topological polar surface area (TPSA) is 46.2 Å². The van der Waals surface area contributed by atoms with E-state index in [1.54, 1.807) is 0 Å². The average molecular weight is 260 g/mol. The van der Waals surface area contributed by atoms with Crippen molar-refractivity contribution < 1.29 is 21.6 Å². The summed E-state index contributed by atoms with van der Waals surface area (Å²) in [4.78, 5) is -0.253. The first kappa shape index (κ1) is 12.1. The molecule has 15 heavy (non-hydrogen) atoms. The van der Waals surface area contributed by atoms with E-state index in [0.29, 0.717) is 0 Å². The third-order valence-corrected chi connectivity index (χ3v) is 2.79. The van der Waals surface area contributed by atoms with Crippen LogP contribution in [-0.4, -0.2) is 14.7 Å². The van der Waals surface area contributed by atoms with Crippen LogP contribution in [0.3, 0.4) is 0 Å². The molecule has 1 aromatic rings. The lowest BCUT2D eigenvalue weighted by Gasteiger charge is -2.09. The predicted octanol–water partition coefficient (Wildman–Crippen LogP) is 2.55. The number of halogens is 4. The van der Waals surface area contributed by atoms with Gasteiger partial charge in [0.1, 0.15) is 0 Å². The summed E-state index contributed by atoms with van der Waals surface area (Å²) in [5.74, 6) is 0. The molecule has 0 spiro atoms. The fourth-order valence-corrected chi connectivity index (χ4v) is 1.63. The van der Waals surface area contributed by atoms with Gasteiger partial charge in [-0.15, -0.1) is 0 Å². The smallest absolute Gasteiger partial charge is 0.298 e. The van der Waals surface area contributed by atoms with Crippen LogP contribution in [0.15, 0.2) is 29.2 Å². The molecule has 0 fully saturated rings. The van der Waals surface area contributed by atoms with Crippen LogP contribution >= 0.6 is 10.7 Å². The van der Waals surface area contributed by atoms with E-state index in [0.717, 1.165) is 24.3 Å². The van der Waals surface area contributed by atoms with E-state index in [-0.39, 0.29) is 10.6 Å². The summed E-state index contributed by atoms with van der Waals surface area (Å²) in [5.41, 5.74) is -0.258. The third kappa shape index (κ3) is 3.96. The van der Waals surface area contributed by atoms with Gasteiger partial charge in [0.25, 0.3) is 9.05 Å². The molecule has 0 heterocycles. The van der Waals surface area contributed by atoms with E-state index in [1.807, 2.05) is 0 Å². The summed E-state index contributed by atoms with van der Waals surface area (Å²) in [7, 11) is 1.07. The number of hydrogen-bond donors (Lipinski definition) is 1. The summed E-state index contributed by atoms with van der Waals surface area (Å²) in [6, 6.07) is 3.92. The predicted molar refractivity (Wildman–Crippen MR) is 49.2 cm³/mol. The van der Waals surface area contributed by atoms with Crippen molar-refractivity contribution in [1.82, 2.24) is 0 Å². The van der Waals surface area contributed by atoms with Gasteiger partial charge >= 0.3 is 6.30 Å². The highest BCUT2D eigenvalue weighted by molar-refractivity contribution is 8.13. The van der Waals surface area contributed by atoms with Crippen LogP contribution < -0.4 is 5.32 Å². The highest BCUT2D eigenvalue weighted by Crippen LogP contribution is 2.22. The van der Waals surface area contributed by atoms with Gasteiger partial charge in [0, 0.05) is 16.4 Å². The molecule has 0 atom stereocenters. The molecular formula is C7H5ClF3NO2S. The zero-order valence-corrected chi connectivity index (χ0v) is 8.62. The molecule has 84 valence electrons. The van der Waals surface area contributed by atoms with Crippen molar-refractivity contribution in [2.75, 3.05) is 5.32 Å². The number of hydrogen-bond acceptors (Lipinski definition) is 3. The van der Waals surface area contributed by atoms with Gasteiger partial charge in [0.05, 0.1) is 4.90 Å². The van der Waals surface area contributed by atoms with E-state index >= 15 is 0 Å². The lowest BCUT2D eigenvalue weighted by atomic mass is 10.3. The van der Waals surface area contributed by atoms with E-state index < -0.39 is 15.4 Å². The zero-order chi connectivity index (χ0) is 11.7. The zero-order valence-electron chi connectivity index (χ0n) is 7.05. The first-order valence-corrected chi connectivity index (χ1v) is 5.89. The number of alkyl halides is 3. The second-order valence-electron chi connectivity index (χ2n) is 2.58. The molecule has 3 nitrogen and oxygen atoms in total. The van der Waals surface area contributed by atoms with Gasteiger partial charge in [-0.05, 0) is 24.3 Å². The molecule has 0 aliphatic heterocycles. The normalized spacial score (nSPS) is 12.5. The van der Waals surface area contributed by atoms with Gasteiger partial charge in [0.2, 0.25) is 0 Å². The van der Waals surface area contributed by atoms with Crippen LogP contribution in [0.5, 0.6) is 0 Å². The highest BCUT2D eigenvalue weighted by atomic mass is 35.7. The number of nitrogens with one attached hydrogen (secondary N) is 1. The van der Waals surface area contributed by atoms with Crippen molar-refractivity contribution in [3.63, 3.8) is 0 Å². The van der Waals surface area contributed by atoms with Crippen LogP contribution in [0.25, 0.3) is 0 Å². The van der Waals surface area contributed by atoms with Gasteiger partial charge in [0.15, 0.2) is 0 Å². The quantitative estimate of drug-likeness (QED) is 0.656. The Morgan fingerprint density at radius 3 is 1.93 bits per heavy atom. The molecular weight excluding hydrogens is 255 g/mol. The van der Waals surface area contributed by atoms with Crippen molar-refractivity contribution in [1.29, 1.82) is 0 Å². The largest absolute Gasteiger partial charge is 0.482 e. The summed E-state index contributed by atoms with van der Waals surface area (Å²) in [6.45, 7) is 0. The minimum Gasteiger partial charge on any atom is -0.298 e. The number of benzene rings is 1. The molecule has 1 rings (SSSR count). The summed E-state index contributed by atoms with van der Waals surface area (Å²) >= 11 is 0. The SMILES string of the molecule is O=S(=O)(Cl)c1ccc(NC(F)(F)F)cc1. The van der Waals surface area contributed by atoms with Crippen LogP contribution in [0.4, 0.5) is 18.9 Å². The minimum absolute atomic E-state index is 0.253. The average Bonchev–Trinajstić information content (AvgIpc) is 2.00. The molecule has 1 aromatic carbocycles. The fourth-order valence-electron chi connectivity index (χ4n) is 0.864. The second-order valence-corrected chi connectivity index (χ2v) is 5.15. The van der Waals surface area contributed by atoms with Crippen LogP contribution in [-0.2, 0) is 9.05 Å². The molecule has 1 N–H and O–H groups in total. The van der Waals surface area contributed by atoms with Crippen molar-refractivity contribution >= 4 is 25.4 Å². The molecule has 0 saturated carbocycles. The van der Waals surface area contributed by atoms with Crippen molar-refractivity contribution in [3.05, 3.63) is 24.3 Å². The molecule has 0 unspecified atom stereocenters. The van der Waals surface area contributed by atoms with Crippen LogP contribution in [0, 0.1) is 0 Å². The lowest BCUT2D eigenvalue weighted by molar-refractivity contribution is -0.0999. The van der Waals surface area contributed by atoms with E-state index in [1.165, 1.54) is 5.32 Å². The third-order valence-electron chi connectivity index (χ3n) is 1.42. The minimum atomic E-state index is -4.55. The first-order valence-electron chi connectivity index (χ1n) is 3.58. The highest BCUT2D eigenvalue weighted by Gasteiger charge is 2.26. The van der Waals surface area contributed by atoms with Crippen molar-refractivity contribution in [3.8, 4) is 0 Å². The maximum Gasteiger partial charge on any atom is 0.482 e. The Bertz CT molecular complexity index is 440. The van der Waals surface area contributed by atoms with Gasteiger partial charge in [-0.3, -0.25) is 5.32 Å². The molecule has 8 heteroatoms. The molecule has 0 aliphatic carbocycles. The Morgan fingerprint density at radius 1 is 1.13 bits per heavy atom. The monoisotopic (exact) mass is 259 g/mol. The fraction of sp³-hybridized carbons (Fsp3) is 0.143. The molecule has 0 bridgehead atoms. The Hall–Kier alpha value is -0.950. The Kier molecular flexibility index (Phi) is 3.15. The first-order chi connectivity index (χ1) is 6.68. The van der Waals surface area contributed by atoms with Crippen molar-refractivity contribution in [2.24, 2.45) is 0 Å². The number of rotatable bonds is 2. The van der Waals surface area contributed by atoms with E-state index in [4.69, 9.17) is 10.7 Å². The van der Waals surface area contributed by atoms with Gasteiger partial charge < -0.3 is 0 Å². The van der Waals surface area contributed by atoms with Crippen molar-refractivity contribution in [2.45, 2.75) is 11.2 Å². The lowest BCUT2D eigenvalue weighted by Crippen LogP contribution is -2.20. The Morgan fingerprint density at radius 2 is 1.60 bits per heavy atom.